The molecule has 1 aliphatic heterocycles. The average molecular weight is 454 g/mol. The van der Waals surface area contributed by atoms with Gasteiger partial charge in [-0.15, -0.1) is 0 Å². The second-order valence-corrected chi connectivity index (χ2v) is 8.59. The third-order valence-electron chi connectivity index (χ3n) is 5.25. The second kappa shape index (κ2) is 9.48. The Hall–Kier alpha value is -3.26. The summed E-state index contributed by atoms with van der Waals surface area (Å²) in [6.07, 6.45) is 0. The van der Waals surface area contributed by atoms with Crippen LogP contribution in [0.5, 0.6) is 17.2 Å². The van der Waals surface area contributed by atoms with Crippen LogP contribution < -0.4 is 25.1 Å². The van der Waals surface area contributed by atoms with E-state index in [1.807, 2.05) is 47.4 Å². The number of H-pyrrole nitrogens is 1. The number of nitrogens with one attached hydrogen (secondary N) is 2. The lowest BCUT2D eigenvalue weighted by molar-refractivity contribution is 0.174. The molecule has 0 saturated carbocycles. The van der Waals surface area contributed by atoms with E-state index in [-0.39, 0.29) is 12.4 Å². The fraction of sp³-hybridized carbons (Fsp3) is 0.333. The van der Waals surface area contributed by atoms with Gasteiger partial charge < -0.3 is 29.4 Å². The first kappa shape index (κ1) is 22.0. The van der Waals surface area contributed by atoms with E-state index >= 15 is 0 Å². The maximum atomic E-state index is 12.8. The first-order valence-corrected chi connectivity index (χ1v) is 10.9. The minimum absolute atomic E-state index is 0.145. The molecule has 0 atom stereocenters. The zero-order valence-electron chi connectivity index (χ0n) is 18.4. The first-order chi connectivity index (χ1) is 15.4. The van der Waals surface area contributed by atoms with E-state index in [2.05, 4.69) is 24.1 Å². The van der Waals surface area contributed by atoms with Crippen molar-refractivity contribution < 1.29 is 14.2 Å². The summed E-state index contributed by atoms with van der Waals surface area (Å²) in [6, 6.07) is 13.4. The number of rotatable bonds is 7. The van der Waals surface area contributed by atoms with Gasteiger partial charge in [-0.25, -0.2) is 0 Å². The predicted octanol–water partition coefficient (Wildman–Crippen LogP) is 3.80. The lowest BCUT2D eigenvalue weighted by Gasteiger charge is -2.26. The molecule has 0 spiro atoms. The van der Waals surface area contributed by atoms with Crippen LogP contribution in [-0.2, 0) is 13.1 Å². The Morgan fingerprint density at radius 3 is 2.75 bits per heavy atom. The van der Waals surface area contributed by atoms with E-state index in [1.54, 1.807) is 7.11 Å². The number of aromatic nitrogens is 1. The highest BCUT2D eigenvalue weighted by molar-refractivity contribution is 7.80. The molecule has 32 heavy (non-hydrogen) atoms. The maximum Gasteiger partial charge on any atom is 0.253 e. The summed E-state index contributed by atoms with van der Waals surface area (Å²) in [5.41, 5.74) is 2.25. The van der Waals surface area contributed by atoms with Gasteiger partial charge >= 0.3 is 0 Å². The largest absolute Gasteiger partial charge is 0.497 e. The fourth-order valence-electron chi connectivity index (χ4n) is 3.54. The average Bonchev–Trinajstić information content (AvgIpc) is 3.25. The molecular weight excluding hydrogens is 426 g/mol. The van der Waals surface area contributed by atoms with Crippen LogP contribution in [0.2, 0.25) is 0 Å². The van der Waals surface area contributed by atoms with Crippen molar-refractivity contribution in [2.24, 2.45) is 5.92 Å². The highest BCUT2D eigenvalue weighted by Gasteiger charge is 2.18. The van der Waals surface area contributed by atoms with Crippen molar-refractivity contribution >= 4 is 28.2 Å². The number of fused-ring (bicyclic) bond motifs is 2. The normalized spacial score (nSPS) is 12.2. The van der Waals surface area contributed by atoms with Crippen molar-refractivity contribution in [3.05, 3.63) is 63.9 Å². The van der Waals surface area contributed by atoms with Crippen molar-refractivity contribution in [1.82, 2.24) is 15.2 Å². The van der Waals surface area contributed by atoms with Gasteiger partial charge in [0.2, 0.25) is 6.79 Å². The molecule has 1 aromatic heterocycles. The van der Waals surface area contributed by atoms with Gasteiger partial charge in [0, 0.05) is 24.7 Å². The molecule has 2 aromatic carbocycles. The van der Waals surface area contributed by atoms with E-state index in [9.17, 15) is 4.79 Å². The molecule has 1 aliphatic rings. The Morgan fingerprint density at radius 1 is 1.16 bits per heavy atom. The fourth-order valence-corrected chi connectivity index (χ4v) is 3.75. The predicted molar refractivity (Wildman–Crippen MR) is 128 cm³/mol. The maximum absolute atomic E-state index is 12.8. The molecule has 0 fully saturated rings. The molecule has 0 aliphatic carbocycles. The number of hydrogen-bond donors (Lipinski definition) is 2. The summed E-state index contributed by atoms with van der Waals surface area (Å²) in [7, 11) is 1.60. The molecule has 7 nitrogen and oxygen atoms in total. The molecule has 168 valence electrons. The van der Waals surface area contributed by atoms with Gasteiger partial charge in [0.15, 0.2) is 16.6 Å². The highest BCUT2D eigenvalue weighted by atomic mass is 32.1. The van der Waals surface area contributed by atoms with Crippen molar-refractivity contribution in [3.8, 4) is 17.2 Å². The van der Waals surface area contributed by atoms with E-state index in [0.29, 0.717) is 35.4 Å². The van der Waals surface area contributed by atoms with E-state index < -0.39 is 0 Å². The number of pyridine rings is 1. The standard InChI is InChI=1S/C24H27N3O4S/c1-15(2)11-25-24(32)27(12-16-4-7-21-22(8-16)31-14-30-21)13-18-9-17-5-6-19(29-3)10-20(17)26-23(18)28/h4-10,15H,11-14H2,1-3H3,(H,25,32)(H,26,28). The first-order valence-electron chi connectivity index (χ1n) is 10.5. The zero-order chi connectivity index (χ0) is 22.7. The van der Waals surface area contributed by atoms with Crippen molar-refractivity contribution in [1.29, 1.82) is 0 Å². The number of ether oxygens (including phenoxy) is 3. The second-order valence-electron chi connectivity index (χ2n) is 8.20. The molecule has 4 rings (SSSR count). The van der Waals surface area contributed by atoms with Crippen molar-refractivity contribution in [3.63, 3.8) is 0 Å². The molecule has 2 heterocycles. The smallest absolute Gasteiger partial charge is 0.253 e. The Kier molecular flexibility index (Phi) is 6.50. The summed E-state index contributed by atoms with van der Waals surface area (Å²) in [5, 5.41) is 4.86. The lowest BCUT2D eigenvalue weighted by atomic mass is 10.1. The van der Waals surface area contributed by atoms with Crippen LogP contribution in [0, 0.1) is 5.92 Å². The Bertz CT molecular complexity index is 1190. The minimum atomic E-state index is -0.145. The molecule has 0 unspecified atom stereocenters. The van der Waals surface area contributed by atoms with E-state index in [1.165, 1.54) is 0 Å². The Morgan fingerprint density at radius 2 is 1.97 bits per heavy atom. The molecular formula is C24H27N3O4S. The van der Waals surface area contributed by atoms with Crippen LogP contribution in [-0.4, -0.2) is 35.4 Å². The Labute approximate surface area is 192 Å². The van der Waals surface area contributed by atoms with Gasteiger partial charge in [-0.05, 0) is 59.4 Å². The summed E-state index contributed by atoms with van der Waals surface area (Å²) in [4.78, 5) is 17.8. The third-order valence-corrected chi connectivity index (χ3v) is 5.65. The van der Waals surface area contributed by atoms with Gasteiger partial charge in [-0.1, -0.05) is 19.9 Å². The number of methoxy groups -OCH3 is 1. The van der Waals surface area contributed by atoms with Crippen LogP contribution in [0.4, 0.5) is 0 Å². The summed E-state index contributed by atoms with van der Waals surface area (Å²) >= 11 is 5.69. The highest BCUT2D eigenvalue weighted by Crippen LogP contribution is 2.33. The van der Waals surface area contributed by atoms with Crippen LogP contribution >= 0.6 is 12.2 Å². The summed E-state index contributed by atoms with van der Waals surface area (Å²) in [5.74, 6) is 2.60. The SMILES string of the molecule is COc1ccc2cc(CN(Cc3ccc4c(c3)OCO4)C(=S)NCC(C)C)c(=O)[nH]c2c1. The Balaban J connectivity index is 1.61. The zero-order valence-corrected chi connectivity index (χ0v) is 19.3. The van der Waals surface area contributed by atoms with Gasteiger partial charge in [0.25, 0.3) is 5.56 Å². The molecule has 3 aromatic rings. The van der Waals surface area contributed by atoms with E-state index in [0.717, 1.165) is 34.5 Å². The van der Waals surface area contributed by atoms with Gasteiger partial charge in [-0.3, -0.25) is 4.79 Å². The number of benzene rings is 2. The molecule has 2 N–H and O–H groups in total. The molecule has 8 heteroatoms. The van der Waals surface area contributed by atoms with Crippen LogP contribution in [0.15, 0.2) is 47.3 Å². The minimum Gasteiger partial charge on any atom is -0.497 e. The van der Waals surface area contributed by atoms with Gasteiger partial charge in [0.05, 0.1) is 19.2 Å². The van der Waals surface area contributed by atoms with Crippen LogP contribution in [0.3, 0.4) is 0 Å². The third kappa shape index (κ3) is 4.96. The number of aromatic amines is 1. The molecule has 0 radical (unpaired) electrons. The van der Waals surface area contributed by atoms with Crippen LogP contribution in [0.1, 0.15) is 25.0 Å². The number of thiocarbonyl (C=S) groups is 1. The summed E-state index contributed by atoms with van der Waals surface area (Å²) in [6.45, 7) is 6.13. The monoisotopic (exact) mass is 453 g/mol. The van der Waals surface area contributed by atoms with Gasteiger partial charge in [-0.2, -0.15) is 0 Å². The van der Waals surface area contributed by atoms with Crippen molar-refractivity contribution in [2.45, 2.75) is 26.9 Å². The quantitative estimate of drug-likeness (QED) is 0.527. The molecule has 0 saturated heterocycles. The van der Waals surface area contributed by atoms with Gasteiger partial charge in [0.1, 0.15) is 5.75 Å². The number of hydrogen-bond acceptors (Lipinski definition) is 5. The summed E-state index contributed by atoms with van der Waals surface area (Å²) < 4.78 is 16.2. The molecule has 0 amide bonds. The lowest BCUT2D eigenvalue weighted by Crippen LogP contribution is -2.41. The topological polar surface area (TPSA) is 75.8 Å². The molecule has 0 bridgehead atoms. The number of nitrogens with zero attached hydrogens (tertiary/aromatic N) is 1. The van der Waals surface area contributed by atoms with Crippen LogP contribution in [0.25, 0.3) is 10.9 Å². The van der Waals surface area contributed by atoms with E-state index in [4.69, 9.17) is 26.4 Å². The van der Waals surface area contributed by atoms with Crippen molar-refractivity contribution in [2.75, 3.05) is 20.4 Å².